The molecular weight excluding hydrogens is 478 g/mol. The summed E-state index contributed by atoms with van der Waals surface area (Å²) in [5.41, 5.74) is 3.67. The number of aliphatic carboxylic acids is 1. The summed E-state index contributed by atoms with van der Waals surface area (Å²) in [5, 5.41) is 14.5. The van der Waals surface area contributed by atoms with Crippen LogP contribution in [0.25, 0.3) is 0 Å². The minimum Gasteiger partial charge on any atom is -0.481 e. The lowest BCUT2D eigenvalue weighted by atomic mass is 9.71. The molecule has 3 N–H and O–H groups in total. The lowest BCUT2D eigenvalue weighted by molar-refractivity contribution is -0.136. The Hall–Kier alpha value is -3.35. The van der Waals surface area contributed by atoms with Gasteiger partial charge >= 0.3 is 12.0 Å². The van der Waals surface area contributed by atoms with E-state index in [1.807, 2.05) is 29.2 Å². The number of amides is 3. The summed E-state index contributed by atoms with van der Waals surface area (Å²) in [7, 11) is 0. The third kappa shape index (κ3) is 8.33. The van der Waals surface area contributed by atoms with Gasteiger partial charge in [-0.05, 0) is 78.3 Å². The predicted molar refractivity (Wildman–Crippen MR) is 151 cm³/mol. The number of carbonyl (C=O) groups is 3. The minimum absolute atomic E-state index is 0.0826. The summed E-state index contributed by atoms with van der Waals surface area (Å²) in [6.45, 7) is 11.7. The number of urea groups is 1. The minimum atomic E-state index is -0.952. The SMILES string of the molecule is CC(C)c1ccc(NC(=O)N(Cc2ccc(C(=O)NCCC(=O)O)cc2)C2CCC(C(C)(C)C)CC2)cc1. The van der Waals surface area contributed by atoms with Gasteiger partial charge in [0.1, 0.15) is 0 Å². The van der Waals surface area contributed by atoms with Gasteiger partial charge in [0.15, 0.2) is 0 Å². The Morgan fingerprint density at radius 1 is 0.947 bits per heavy atom. The monoisotopic (exact) mass is 521 g/mol. The number of rotatable bonds is 9. The van der Waals surface area contributed by atoms with Crippen LogP contribution in [0.15, 0.2) is 48.5 Å². The molecule has 0 aromatic heterocycles. The average Bonchev–Trinajstić information content (AvgIpc) is 2.87. The number of hydrogen-bond donors (Lipinski definition) is 3. The van der Waals surface area contributed by atoms with Crippen LogP contribution in [0.3, 0.4) is 0 Å². The van der Waals surface area contributed by atoms with E-state index in [9.17, 15) is 14.4 Å². The maximum absolute atomic E-state index is 13.6. The summed E-state index contributed by atoms with van der Waals surface area (Å²) >= 11 is 0. The molecule has 0 atom stereocenters. The predicted octanol–water partition coefficient (Wildman–Crippen LogP) is 6.65. The molecule has 0 bridgehead atoms. The van der Waals surface area contributed by atoms with Gasteiger partial charge in [-0.25, -0.2) is 4.79 Å². The van der Waals surface area contributed by atoms with Gasteiger partial charge < -0.3 is 20.6 Å². The summed E-state index contributed by atoms with van der Waals surface area (Å²) in [5.74, 6) is -0.188. The third-order valence-electron chi connectivity index (χ3n) is 7.65. The Morgan fingerprint density at radius 2 is 1.55 bits per heavy atom. The molecule has 2 aromatic rings. The number of carbonyl (C=O) groups excluding carboxylic acids is 2. The van der Waals surface area contributed by atoms with Crippen molar-refractivity contribution in [1.82, 2.24) is 10.2 Å². The summed E-state index contributed by atoms with van der Waals surface area (Å²) in [6.07, 6.45) is 4.00. The molecule has 0 saturated heterocycles. The smallest absolute Gasteiger partial charge is 0.322 e. The topological polar surface area (TPSA) is 98.7 Å². The normalized spacial score (nSPS) is 17.6. The van der Waals surface area contributed by atoms with E-state index in [1.54, 1.807) is 12.1 Å². The molecule has 7 nitrogen and oxygen atoms in total. The molecule has 0 radical (unpaired) electrons. The zero-order valence-electron chi connectivity index (χ0n) is 23.4. The lowest BCUT2D eigenvalue weighted by Gasteiger charge is -2.41. The molecule has 3 rings (SSSR count). The van der Waals surface area contributed by atoms with Crippen molar-refractivity contribution in [1.29, 1.82) is 0 Å². The van der Waals surface area contributed by atoms with Gasteiger partial charge in [-0.1, -0.05) is 58.9 Å². The first-order chi connectivity index (χ1) is 17.9. The Kier molecular flexibility index (Phi) is 9.95. The number of nitrogens with zero attached hydrogens (tertiary/aromatic N) is 1. The van der Waals surface area contributed by atoms with E-state index in [4.69, 9.17) is 5.11 Å². The van der Waals surface area contributed by atoms with Crippen LogP contribution in [-0.2, 0) is 11.3 Å². The molecule has 0 heterocycles. The van der Waals surface area contributed by atoms with Crippen LogP contribution >= 0.6 is 0 Å². The largest absolute Gasteiger partial charge is 0.481 e. The molecule has 206 valence electrons. The maximum atomic E-state index is 13.6. The molecule has 0 aliphatic heterocycles. The standard InChI is InChI=1S/C31H43N3O4/c1-21(2)23-10-14-26(15-11-23)33-30(38)34(27-16-12-25(13-17-27)31(3,4)5)20-22-6-8-24(9-7-22)29(37)32-19-18-28(35)36/h6-11,14-15,21,25,27H,12-13,16-20H2,1-5H3,(H,32,37)(H,33,38)(H,35,36). The number of anilines is 1. The highest BCUT2D eigenvalue weighted by Gasteiger charge is 2.33. The summed E-state index contributed by atoms with van der Waals surface area (Å²) in [6, 6.07) is 15.2. The van der Waals surface area contributed by atoms with Gasteiger partial charge in [0.2, 0.25) is 0 Å². The third-order valence-corrected chi connectivity index (χ3v) is 7.65. The second-order valence-corrected chi connectivity index (χ2v) is 11.8. The number of carboxylic acid groups (broad SMARTS) is 1. The van der Waals surface area contributed by atoms with Crippen molar-refractivity contribution in [3.05, 3.63) is 65.2 Å². The van der Waals surface area contributed by atoms with Gasteiger partial charge in [-0.2, -0.15) is 0 Å². The van der Waals surface area contributed by atoms with Crippen molar-refractivity contribution in [2.24, 2.45) is 11.3 Å². The molecule has 3 amide bonds. The van der Waals surface area contributed by atoms with Crippen LogP contribution < -0.4 is 10.6 Å². The van der Waals surface area contributed by atoms with Crippen LogP contribution in [0, 0.1) is 11.3 Å². The molecule has 1 aliphatic rings. The zero-order valence-corrected chi connectivity index (χ0v) is 23.4. The van der Waals surface area contributed by atoms with Crippen LogP contribution in [0.2, 0.25) is 0 Å². The molecule has 0 unspecified atom stereocenters. The molecule has 1 aliphatic carbocycles. The maximum Gasteiger partial charge on any atom is 0.322 e. The van der Waals surface area contributed by atoms with Crippen molar-refractivity contribution < 1.29 is 19.5 Å². The van der Waals surface area contributed by atoms with Crippen molar-refractivity contribution >= 4 is 23.6 Å². The van der Waals surface area contributed by atoms with Gasteiger partial charge in [-0.3, -0.25) is 9.59 Å². The molecule has 1 fully saturated rings. The Labute approximate surface area is 227 Å². The zero-order chi connectivity index (χ0) is 27.9. The highest BCUT2D eigenvalue weighted by atomic mass is 16.4. The lowest BCUT2D eigenvalue weighted by Crippen LogP contribution is -2.45. The first kappa shape index (κ1) is 29.2. The van der Waals surface area contributed by atoms with E-state index >= 15 is 0 Å². The van der Waals surface area contributed by atoms with Crippen LogP contribution in [0.1, 0.15) is 94.1 Å². The fourth-order valence-corrected chi connectivity index (χ4v) is 5.11. The summed E-state index contributed by atoms with van der Waals surface area (Å²) < 4.78 is 0. The van der Waals surface area contributed by atoms with Crippen molar-refractivity contribution in [3.63, 3.8) is 0 Å². The van der Waals surface area contributed by atoms with Crippen molar-refractivity contribution in [2.75, 3.05) is 11.9 Å². The van der Waals surface area contributed by atoms with E-state index in [0.717, 1.165) is 36.9 Å². The van der Waals surface area contributed by atoms with E-state index in [-0.39, 0.29) is 36.4 Å². The average molecular weight is 522 g/mol. The number of hydrogen-bond acceptors (Lipinski definition) is 3. The van der Waals surface area contributed by atoms with Gasteiger partial charge in [0.25, 0.3) is 5.91 Å². The van der Waals surface area contributed by atoms with Crippen LogP contribution in [0.5, 0.6) is 0 Å². The first-order valence-electron chi connectivity index (χ1n) is 13.7. The van der Waals surface area contributed by atoms with Gasteiger partial charge in [0.05, 0.1) is 6.42 Å². The number of carboxylic acids is 1. The second-order valence-electron chi connectivity index (χ2n) is 11.8. The first-order valence-corrected chi connectivity index (χ1v) is 13.7. The Bertz CT molecular complexity index is 1080. The fraction of sp³-hybridized carbons (Fsp3) is 0.516. The number of benzene rings is 2. The highest BCUT2D eigenvalue weighted by Crippen LogP contribution is 2.39. The molecule has 7 heteroatoms. The quantitative estimate of drug-likeness (QED) is 0.344. The van der Waals surface area contributed by atoms with E-state index in [2.05, 4.69) is 57.4 Å². The second kappa shape index (κ2) is 12.9. The van der Waals surface area contributed by atoms with Crippen LogP contribution in [0.4, 0.5) is 10.5 Å². The van der Waals surface area contributed by atoms with Crippen LogP contribution in [-0.4, -0.2) is 40.5 Å². The van der Waals surface area contributed by atoms with Crippen molar-refractivity contribution in [3.8, 4) is 0 Å². The molecule has 1 saturated carbocycles. The molecule has 38 heavy (non-hydrogen) atoms. The molecule has 0 spiro atoms. The fourth-order valence-electron chi connectivity index (χ4n) is 5.11. The van der Waals surface area contributed by atoms with Gasteiger partial charge in [-0.15, -0.1) is 0 Å². The van der Waals surface area contributed by atoms with Crippen molar-refractivity contribution in [2.45, 2.75) is 85.2 Å². The highest BCUT2D eigenvalue weighted by molar-refractivity contribution is 5.94. The van der Waals surface area contributed by atoms with E-state index in [0.29, 0.717) is 23.9 Å². The molecule has 2 aromatic carbocycles. The summed E-state index contributed by atoms with van der Waals surface area (Å²) in [4.78, 5) is 38.5. The Morgan fingerprint density at radius 3 is 2.08 bits per heavy atom. The van der Waals surface area contributed by atoms with E-state index in [1.165, 1.54) is 5.56 Å². The molecular formula is C31H43N3O4. The Balaban J connectivity index is 1.72. The van der Waals surface area contributed by atoms with E-state index < -0.39 is 5.97 Å². The van der Waals surface area contributed by atoms with Gasteiger partial charge in [0, 0.05) is 30.4 Å². The number of nitrogens with one attached hydrogen (secondary N) is 2.